The third kappa shape index (κ3) is 3.33. The van der Waals surface area contributed by atoms with Gasteiger partial charge in [-0.2, -0.15) is 0 Å². The highest BCUT2D eigenvalue weighted by molar-refractivity contribution is 7.85. The van der Waals surface area contributed by atoms with Crippen LogP contribution in [-0.4, -0.2) is 27.7 Å². The van der Waals surface area contributed by atoms with Crippen molar-refractivity contribution < 1.29 is 18.1 Å². The number of nitrogens with two attached hydrogens (primary N) is 1. The van der Waals surface area contributed by atoms with Crippen LogP contribution in [0.15, 0.2) is 23.1 Å². The molecule has 0 bridgehead atoms. The summed E-state index contributed by atoms with van der Waals surface area (Å²) in [6, 6.07) is 2.98. The molecule has 0 aliphatic carbocycles. The van der Waals surface area contributed by atoms with Gasteiger partial charge in [-0.05, 0) is 18.2 Å². The van der Waals surface area contributed by atoms with E-state index in [0.717, 1.165) is 12.1 Å². The Hall–Kier alpha value is -0.850. The molecule has 0 aliphatic heterocycles. The Morgan fingerprint density at radius 1 is 1.40 bits per heavy atom. The smallest absolute Gasteiger partial charge is 0.160 e. The van der Waals surface area contributed by atoms with Gasteiger partial charge in [0.25, 0.3) is 0 Å². The Labute approximate surface area is 88.4 Å². The van der Waals surface area contributed by atoms with Crippen LogP contribution < -0.4 is 5.73 Å². The van der Waals surface area contributed by atoms with Crippen molar-refractivity contribution in [2.75, 3.05) is 12.3 Å². The van der Waals surface area contributed by atoms with Crippen LogP contribution in [0.25, 0.3) is 0 Å². The second-order valence-electron chi connectivity index (χ2n) is 2.98. The van der Waals surface area contributed by atoms with Gasteiger partial charge in [-0.3, -0.25) is 4.21 Å². The molecular weight excluding hydrogens is 224 g/mol. The Morgan fingerprint density at radius 3 is 2.60 bits per heavy atom. The first-order valence-electron chi connectivity index (χ1n) is 4.26. The summed E-state index contributed by atoms with van der Waals surface area (Å²) in [5.74, 6) is -2.13. The van der Waals surface area contributed by atoms with Crippen molar-refractivity contribution in [2.45, 2.75) is 11.0 Å². The molecule has 0 saturated heterocycles. The van der Waals surface area contributed by atoms with Crippen molar-refractivity contribution in [3.63, 3.8) is 0 Å². The summed E-state index contributed by atoms with van der Waals surface area (Å²) in [5, 5.41) is 9.13. The van der Waals surface area contributed by atoms with Crippen LogP contribution in [0.3, 0.4) is 0 Å². The maximum atomic E-state index is 12.8. The third-order valence-corrected chi connectivity index (χ3v) is 3.24. The predicted molar refractivity (Wildman–Crippen MR) is 52.7 cm³/mol. The fourth-order valence-corrected chi connectivity index (χ4v) is 2.09. The van der Waals surface area contributed by atoms with Gasteiger partial charge >= 0.3 is 0 Å². The summed E-state index contributed by atoms with van der Waals surface area (Å²) >= 11 is 0. The maximum absolute atomic E-state index is 12.8. The molecule has 2 atom stereocenters. The fraction of sp³-hybridized carbons (Fsp3) is 0.333. The lowest BCUT2D eigenvalue weighted by molar-refractivity contribution is 0.207. The number of hydrogen-bond donors (Lipinski definition) is 2. The molecule has 1 aromatic carbocycles. The van der Waals surface area contributed by atoms with E-state index in [9.17, 15) is 13.0 Å². The lowest BCUT2D eigenvalue weighted by Gasteiger charge is -2.07. The minimum Gasteiger partial charge on any atom is -0.391 e. The summed E-state index contributed by atoms with van der Waals surface area (Å²) in [4.78, 5) is 0.140. The van der Waals surface area contributed by atoms with Crippen LogP contribution in [0.4, 0.5) is 8.78 Å². The summed E-state index contributed by atoms with van der Waals surface area (Å²) in [6.07, 6.45) is -0.904. The monoisotopic (exact) mass is 235 g/mol. The van der Waals surface area contributed by atoms with Gasteiger partial charge < -0.3 is 10.8 Å². The molecular formula is C9H11F2NO2S. The molecule has 0 spiro atoms. The van der Waals surface area contributed by atoms with Crippen molar-refractivity contribution in [3.05, 3.63) is 29.8 Å². The highest BCUT2D eigenvalue weighted by atomic mass is 32.2. The molecule has 84 valence electrons. The fourth-order valence-electron chi connectivity index (χ4n) is 0.957. The van der Waals surface area contributed by atoms with E-state index in [4.69, 9.17) is 10.8 Å². The van der Waals surface area contributed by atoms with Crippen LogP contribution in [0.1, 0.15) is 0 Å². The molecule has 1 aromatic rings. The standard InChI is InChI=1S/C9H11F2NO2S/c10-8-2-1-7(3-9(8)11)15(14)5-6(13)4-12/h1-3,6,13H,4-5,12H2. The minimum absolute atomic E-state index is 0.0184. The van der Waals surface area contributed by atoms with Crippen LogP contribution in [-0.2, 0) is 10.8 Å². The van der Waals surface area contributed by atoms with E-state index in [1.54, 1.807) is 0 Å². The van der Waals surface area contributed by atoms with E-state index in [2.05, 4.69) is 0 Å². The lowest BCUT2D eigenvalue weighted by Crippen LogP contribution is -2.26. The highest BCUT2D eigenvalue weighted by Gasteiger charge is 2.12. The van der Waals surface area contributed by atoms with Gasteiger partial charge in [0.05, 0.1) is 22.7 Å². The van der Waals surface area contributed by atoms with Crippen LogP contribution >= 0.6 is 0 Å². The highest BCUT2D eigenvalue weighted by Crippen LogP contribution is 2.12. The van der Waals surface area contributed by atoms with Gasteiger partial charge in [-0.1, -0.05) is 0 Å². The molecule has 0 fully saturated rings. The van der Waals surface area contributed by atoms with Gasteiger partial charge in [0.1, 0.15) is 0 Å². The van der Waals surface area contributed by atoms with E-state index in [-0.39, 0.29) is 17.2 Å². The SMILES string of the molecule is NCC(O)CS(=O)c1ccc(F)c(F)c1. The van der Waals surface area contributed by atoms with Crippen LogP contribution in [0.2, 0.25) is 0 Å². The lowest BCUT2D eigenvalue weighted by atomic mass is 10.3. The number of rotatable bonds is 4. The van der Waals surface area contributed by atoms with Gasteiger partial charge in [0, 0.05) is 11.4 Å². The van der Waals surface area contributed by atoms with Crippen molar-refractivity contribution in [1.29, 1.82) is 0 Å². The normalized spacial score (nSPS) is 14.9. The van der Waals surface area contributed by atoms with Gasteiger partial charge in [-0.25, -0.2) is 8.78 Å². The largest absolute Gasteiger partial charge is 0.391 e. The van der Waals surface area contributed by atoms with Gasteiger partial charge in [-0.15, -0.1) is 0 Å². The van der Waals surface area contributed by atoms with Crippen molar-refractivity contribution in [2.24, 2.45) is 5.73 Å². The molecule has 2 unspecified atom stereocenters. The van der Waals surface area contributed by atoms with Crippen molar-refractivity contribution in [1.82, 2.24) is 0 Å². The van der Waals surface area contributed by atoms with E-state index in [1.807, 2.05) is 0 Å². The maximum Gasteiger partial charge on any atom is 0.160 e. The number of halogens is 2. The molecule has 0 aromatic heterocycles. The van der Waals surface area contributed by atoms with Crippen molar-refractivity contribution in [3.8, 4) is 0 Å². The Kier molecular flexibility index (Phi) is 4.31. The Morgan fingerprint density at radius 2 is 2.07 bits per heavy atom. The summed E-state index contributed by atoms with van der Waals surface area (Å²) in [7, 11) is -1.57. The first-order chi connectivity index (χ1) is 7.04. The minimum atomic E-state index is -1.57. The quantitative estimate of drug-likeness (QED) is 0.793. The molecule has 3 N–H and O–H groups in total. The number of hydrogen-bond acceptors (Lipinski definition) is 3. The first-order valence-corrected chi connectivity index (χ1v) is 5.58. The topological polar surface area (TPSA) is 63.3 Å². The molecule has 3 nitrogen and oxygen atoms in total. The molecule has 6 heteroatoms. The second kappa shape index (κ2) is 5.29. The molecule has 0 heterocycles. The van der Waals surface area contributed by atoms with E-state index < -0.39 is 28.5 Å². The van der Waals surface area contributed by atoms with Gasteiger partial charge in [0.2, 0.25) is 0 Å². The average molecular weight is 235 g/mol. The molecule has 0 radical (unpaired) electrons. The summed E-state index contributed by atoms with van der Waals surface area (Å²) in [5.41, 5.74) is 5.13. The van der Waals surface area contributed by atoms with Gasteiger partial charge in [0.15, 0.2) is 11.6 Å². The zero-order chi connectivity index (χ0) is 11.4. The van der Waals surface area contributed by atoms with E-state index in [0.29, 0.717) is 0 Å². The second-order valence-corrected chi connectivity index (χ2v) is 4.47. The van der Waals surface area contributed by atoms with Crippen LogP contribution in [0, 0.1) is 11.6 Å². The number of aliphatic hydroxyl groups is 1. The molecule has 0 amide bonds. The van der Waals surface area contributed by atoms with E-state index >= 15 is 0 Å². The molecule has 1 rings (SSSR count). The third-order valence-electron chi connectivity index (χ3n) is 1.77. The summed E-state index contributed by atoms with van der Waals surface area (Å²) < 4.78 is 36.8. The summed E-state index contributed by atoms with van der Waals surface area (Å²) in [6.45, 7) is -0.0184. The average Bonchev–Trinajstić information content (AvgIpc) is 2.21. The zero-order valence-electron chi connectivity index (χ0n) is 7.82. The van der Waals surface area contributed by atoms with E-state index in [1.165, 1.54) is 6.07 Å². The predicted octanol–water partition coefficient (Wildman–Crippen LogP) is 0.392. The molecule has 15 heavy (non-hydrogen) atoms. The molecule has 0 saturated carbocycles. The molecule has 0 aliphatic rings. The first kappa shape index (κ1) is 12.2. The number of aliphatic hydroxyl groups excluding tert-OH is 1. The van der Waals surface area contributed by atoms with Crippen LogP contribution in [0.5, 0.6) is 0 Å². The Bertz CT molecular complexity index is 373. The van der Waals surface area contributed by atoms with Crippen molar-refractivity contribution >= 4 is 10.8 Å². The Balaban J connectivity index is 2.78. The zero-order valence-corrected chi connectivity index (χ0v) is 8.64. The number of benzene rings is 1.